The van der Waals surface area contributed by atoms with Crippen LogP contribution in [0.4, 0.5) is 0 Å². The van der Waals surface area contributed by atoms with E-state index in [1.807, 2.05) is 4.52 Å². The fraction of sp³-hybridized carbons (Fsp3) is 0.800. The second kappa shape index (κ2) is 4.74. The summed E-state index contributed by atoms with van der Waals surface area (Å²) in [5, 5.41) is 18.6. The van der Waals surface area contributed by atoms with Gasteiger partial charge >= 0.3 is 0 Å². The Bertz CT molecular complexity index is 658. The lowest BCUT2D eigenvalue weighted by atomic mass is 9.78. The Balaban J connectivity index is 1.42. The van der Waals surface area contributed by atoms with Crippen molar-refractivity contribution in [3.05, 3.63) is 10.8 Å². The predicted octanol–water partition coefficient (Wildman–Crippen LogP) is 3.05. The van der Waals surface area contributed by atoms with Crippen LogP contribution in [0, 0.1) is 5.92 Å². The van der Waals surface area contributed by atoms with E-state index in [9.17, 15) is 0 Å². The van der Waals surface area contributed by atoms with Crippen molar-refractivity contribution in [1.29, 1.82) is 0 Å². The van der Waals surface area contributed by atoms with Crippen LogP contribution in [0.2, 0.25) is 0 Å². The molecule has 3 unspecified atom stereocenters. The Labute approximate surface area is 128 Å². The minimum Gasteiger partial charge on any atom is -0.305 e. The molecule has 5 rings (SSSR count). The van der Waals surface area contributed by atoms with Gasteiger partial charge in [-0.25, -0.2) is 0 Å². The molecule has 1 aliphatic heterocycles. The van der Waals surface area contributed by atoms with Crippen LogP contribution in [0.5, 0.6) is 0 Å². The van der Waals surface area contributed by atoms with Crippen LogP contribution in [-0.2, 0) is 0 Å². The van der Waals surface area contributed by atoms with E-state index >= 15 is 0 Å². The quantitative estimate of drug-likeness (QED) is 0.926. The van der Waals surface area contributed by atoms with Gasteiger partial charge < -0.3 is 5.32 Å². The predicted molar refractivity (Wildman–Crippen MR) is 81.5 cm³/mol. The Kier molecular flexibility index (Phi) is 2.83. The summed E-state index contributed by atoms with van der Waals surface area (Å²) in [5.74, 6) is 2.60. The lowest BCUT2D eigenvalue weighted by molar-refractivity contribution is 0.176. The van der Waals surface area contributed by atoms with E-state index in [1.54, 1.807) is 11.3 Å². The summed E-state index contributed by atoms with van der Waals surface area (Å²) >= 11 is 1.72. The molecule has 3 atom stereocenters. The summed E-state index contributed by atoms with van der Waals surface area (Å²) in [4.78, 5) is 0.972. The largest absolute Gasteiger partial charge is 0.305 e. The van der Waals surface area contributed by atoms with E-state index in [-0.39, 0.29) is 0 Å². The molecule has 3 heterocycles. The third-order valence-electron chi connectivity index (χ3n) is 5.42. The van der Waals surface area contributed by atoms with Gasteiger partial charge in [-0.15, -0.1) is 10.2 Å². The summed E-state index contributed by atoms with van der Waals surface area (Å²) in [6, 6.07) is 1.15. The molecule has 2 aromatic rings. The molecule has 1 N–H and O–H groups in total. The number of rotatable bonds is 2. The van der Waals surface area contributed by atoms with Crippen molar-refractivity contribution in [2.24, 2.45) is 5.92 Å². The average Bonchev–Trinajstić information content (AvgIpc) is 3.15. The van der Waals surface area contributed by atoms with Crippen LogP contribution in [0.25, 0.3) is 4.96 Å². The number of aromatic nitrogens is 4. The summed E-state index contributed by atoms with van der Waals surface area (Å²) in [7, 11) is 0. The Morgan fingerprint density at radius 3 is 2.81 bits per heavy atom. The van der Waals surface area contributed by atoms with Gasteiger partial charge in [0.1, 0.15) is 5.01 Å². The SMILES string of the molecule is C1CCC2NC(c3nn4c(C5CC5)nnc4s3)CCC2C1. The highest BCUT2D eigenvalue weighted by Gasteiger charge is 2.35. The topological polar surface area (TPSA) is 55.1 Å². The number of nitrogens with zero attached hydrogens (tertiary/aromatic N) is 4. The summed E-state index contributed by atoms with van der Waals surface area (Å²) < 4.78 is 2.01. The van der Waals surface area contributed by atoms with Crippen LogP contribution >= 0.6 is 11.3 Å². The molecule has 2 saturated carbocycles. The molecule has 21 heavy (non-hydrogen) atoms. The highest BCUT2D eigenvalue weighted by Crippen LogP contribution is 2.41. The van der Waals surface area contributed by atoms with Crippen LogP contribution in [0.1, 0.15) is 74.2 Å². The minimum atomic E-state index is 0.433. The number of piperidine rings is 1. The maximum atomic E-state index is 4.84. The first kappa shape index (κ1) is 12.5. The van der Waals surface area contributed by atoms with Gasteiger partial charge in [0.15, 0.2) is 5.82 Å². The van der Waals surface area contributed by atoms with Crippen LogP contribution < -0.4 is 5.32 Å². The molecule has 0 radical (unpaired) electrons. The maximum Gasteiger partial charge on any atom is 0.234 e. The van der Waals surface area contributed by atoms with Crippen molar-refractivity contribution in [1.82, 2.24) is 25.1 Å². The van der Waals surface area contributed by atoms with E-state index in [0.717, 1.165) is 22.7 Å². The minimum absolute atomic E-state index is 0.433. The molecular formula is C15H21N5S. The van der Waals surface area contributed by atoms with Gasteiger partial charge in [0, 0.05) is 12.0 Å². The van der Waals surface area contributed by atoms with Crippen LogP contribution in [-0.4, -0.2) is 25.9 Å². The molecule has 0 bridgehead atoms. The van der Waals surface area contributed by atoms with Gasteiger partial charge in [0.2, 0.25) is 4.96 Å². The molecule has 0 aromatic carbocycles. The molecule has 1 saturated heterocycles. The van der Waals surface area contributed by atoms with Crippen LogP contribution in [0.15, 0.2) is 0 Å². The van der Waals surface area contributed by atoms with Crippen molar-refractivity contribution in [2.45, 2.75) is 69.4 Å². The number of hydrogen-bond donors (Lipinski definition) is 1. The Morgan fingerprint density at radius 1 is 1.00 bits per heavy atom. The zero-order chi connectivity index (χ0) is 13.8. The van der Waals surface area contributed by atoms with E-state index in [4.69, 9.17) is 5.10 Å². The molecule has 112 valence electrons. The summed E-state index contributed by atoms with van der Waals surface area (Å²) in [5.41, 5.74) is 0. The lowest BCUT2D eigenvalue weighted by Gasteiger charge is -2.39. The summed E-state index contributed by atoms with van der Waals surface area (Å²) in [6.07, 6.45) is 10.7. The molecule has 3 aliphatic rings. The van der Waals surface area contributed by atoms with E-state index in [2.05, 4.69) is 15.5 Å². The molecule has 2 aromatic heterocycles. The first-order valence-corrected chi connectivity index (χ1v) is 9.18. The first-order chi connectivity index (χ1) is 10.4. The zero-order valence-electron chi connectivity index (χ0n) is 12.2. The summed E-state index contributed by atoms with van der Waals surface area (Å²) in [6.45, 7) is 0. The van der Waals surface area contributed by atoms with Crippen molar-refractivity contribution in [3.8, 4) is 0 Å². The zero-order valence-corrected chi connectivity index (χ0v) is 13.0. The van der Waals surface area contributed by atoms with Gasteiger partial charge in [0.25, 0.3) is 0 Å². The third-order valence-corrected chi connectivity index (χ3v) is 6.43. The number of nitrogens with one attached hydrogen (secondary N) is 1. The van der Waals surface area contributed by atoms with Crippen molar-refractivity contribution < 1.29 is 0 Å². The van der Waals surface area contributed by atoms with Gasteiger partial charge in [-0.1, -0.05) is 24.2 Å². The molecule has 5 nitrogen and oxygen atoms in total. The smallest absolute Gasteiger partial charge is 0.234 e. The first-order valence-electron chi connectivity index (χ1n) is 8.36. The Morgan fingerprint density at radius 2 is 1.90 bits per heavy atom. The standard InChI is InChI=1S/C15H21N5S/c1-2-4-11-9(3-1)7-8-12(16-11)14-19-20-13(10-5-6-10)17-18-15(20)21-14/h9-12,16H,1-8H2. The molecule has 6 heteroatoms. The fourth-order valence-electron chi connectivity index (χ4n) is 4.07. The monoisotopic (exact) mass is 303 g/mol. The fourth-order valence-corrected chi connectivity index (χ4v) is 5.01. The van der Waals surface area contributed by atoms with E-state index in [0.29, 0.717) is 12.0 Å². The second-order valence-corrected chi connectivity index (χ2v) is 7.90. The molecule has 0 spiro atoms. The van der Waals surface area contributed by atoms with Gasteiger partial charge in [-0.2, -0.15) is 9.61 Å². The normalized spacial score (nSPS) is 33.2. The van der Waals surface area contributed by atoms with E-state index < -0.39 is 0 Å². The molecular weight excluding hydrogens is 282 g/mol. The molecule has 2 aliphatic carbocycles. The van der Waals surface area contributed by atoms with E-state index in [1.165, 1.54) is 56.4 Å². The number of fused-ring (bicyclic) bond motifs is 2. The highest BCUT2D eigenvalue weighted by atomic mass is 32.1. The molecule has 3 fully saturated rings. The number of hydrogen-bond acceptors (Lipinski definition) is 5. The van der Waals surface area contributed by atoms with Crippen molar-refractivity contribution >= 4 is 16.3 Å². The van der Waals surface area contributed by atoms with Crippen LogP contribution in [0.3, 0.4) is 0 Å². The molecule has 0 amide bonds. The lowest BCUT2D eigenvalue weighted by Crippen LogP contribution is -2.44. The second-order valence-electron chi connectivity index (χ2n) is 6.91. The van der Waals surface area contributed by atoms with Crippen molar-refractivity contribution in [3.63, 3.8) is 0 Å². The van der Waals surface area contributed by atoms with Gasteiger partial charge in [-0.05, 0) is 44.4 Å². The third kappa shape index (κ3) is 2.11. The van der Waals surface area contributed by atoms with Gasteiger partial charge in [0.05, 0.1) is 6.04 Å². The van der Waals surface area contributed by atoms with Crippen molar-refractivity contribution in [2.75, 3.05) is 0 Å². The average molecular weight is 303 g/mol. The van der Waals surface area contributed by atoms with Gasteiger partial charge in [-0.3, -0.25) is 0 Å². The maximum absolute atomic E-state index is 4.84. The highest BCUT2D eigenvalue weighted by molar-refractivity contribution is 7.16. The Hall–Kier alpha value is -1.01.